The lowest BCUT2D eigenvalue weighted by molar-refractivity contribution is -0.268. The molecule has 0 saturated carbocycles. The molecule has 13 rings (SSSR count). The number of aliphatic hydroxyl groups excluding tert-OH is 6. The molecule has 2 fully saturated rings. The Morgan fingerprint density at radius 3 is 2.23 bits per heavy atom. The number of nitrogens with one attached hydrogen (secondary N) is 5. The van der Waals surface area contributed by atoms with Gasteiger partial charge in [-0.15, -0.1) is 56.7 Å². The molecular weight excluding hydrogens is 1460 g/mol. The molecule has 1 aromatic carbocycles. The van der Waals surface area contributed by atoms with Crippen molar-refractivity contribution in [1.82, 2.24) is 66.1 Å². The van der Waals surface area contributed by atoms with Gasteiger partial charge in [0.05, 0.1) is 62.5 Å². The molecule has 12 bridgehead atoms. The van der Waals surface area contributed by atoms with E-state index in [2.05, 4.69) is 41.5 Å². The van der Waals surface area contributed by atoms with Crippen molar-refractivity contribution < 1.29 is 108 Å². The minimum Gasteiger partial charge on any atom is -0.506 e. The number of nitrogens with zero attached hydrogens (tertiary/aromatic N) is 8. The van der Waals surface area contributed by atoms with Crippen LogP contribution in [0.4, 0.5) is 0 Å². The van der Waals surface area contributed by atoms with Gasteiger partial charge in [-0.2, -0.15) is 4.73 Å². The molecule has 40 heteroatoms. The zero-order chi connectivity index (χ0) is 73.9. The summed E-state index contributed by atoms with van der Waals surface area (Å²) in [6.07, 6.45) is -14.5. The number of aliphatic hydroxyl groups is 6. The first kappa shape index (κ1) is 73.4. The Kier molecular flexibility index (Phi) is 21.1. The second-order valence-corrected chi connectivity index (χ2v) is 29.4. The van der Waals surface area contributed by atoms with Crippen LogP contribution in [0.5, 0.6) is 5.75 Å². The average Bonchev–Trinajstić information content (AvgIpc) is 1.57. The quantitative estimate of drug-likeness (QED) is 0.0470. The Balaban J connectivity index is 0.952. The SMILES string of the molecule is CO/C(C)=C1/NC(=O)C(C(C)O)NC(=O)c2csc(n2)-c2cc(O)c(-c3nc(C(=O)NCC(O)C(O)C(O)C(O)CO)cs3)nc2-c2csc(n2)C2COC(=O)c3c4c5c(cccc5n3O)COC(=O)C(OC3CC5(C)OCN(C)C5C(C)O3)C(OC4)C(NC(=O)c3csc1n3)c1nc(cs1)C(=O)N2. The van der Waals surface area contributed by atoms with Crippen molar-refractivity contribution in [2.45, 2.75) is 132 Å². The molecule has 5 amide bonds. The lowest BCUT2D eigenvalue weighted by Gasteiger charge is -2.45. The number of benzene rings is 1. The van der Waals surface area contributed by atoms with Crippen LogP contribution in [0, 0.1) is 0 Å². The number of thiazole rings is 5. The molecule has 12 heterocycles. The zero-order valence-corrected chi connectivity index (χ0v) is 59.6. The highest BCUT2D eigenvalue weighted by molar-refractivity contribution is 7.14. The summed E-state index contributed by atoms with van der Waals surface area (Å²) in [5.74, 6) is -7.33. The fourth-order valence-corrected chi connectivity index (χ4v) is 16.9. The minimum atomic E-state index is -2.00. The molecule has 0 aliphatic carbocycles. The standard InChI is InChI=1S/C64H67N13O22S5/c1-23(79)41-56(89)74-42(24(2)93-6)59-70-34(21-102-59)55(88)75-45-49-50(99-39-11-64(4)51(25(3)98-39)76(5)22-97-64)63(91)95-14-26-8-7-9-35-40(26)28(15-94-49)46(77(35)92)62(90)96-16-29(66-53(86)32-20-104-61(45)71-32)58-67-30(17-101-58)43-27(57-68-33(19-100-57)54(87)73-41)10-36(80)44(72-43)60-69-31(18-103-60)52(85)65-12-37(81)47(83)48(84)38(82)13-78/h7-10,17-21,23,25,29,37-39,41,45,47-51,78-84,92H,11-16,22H2,1-6H3,(H,65,85)(H,66,86)(H,73,87)(H,74,89)(H,75,88)/b42-24+. The maximum absolute atomic E-state index is 15.2. The van der Waals surface area contributed by atoms with E-state index < -0.39 is 165 Å². The van der Waals surface area contributed by atoms with Gasteiger partial charge in [0.2, 0.25) is 5.91 Å². The van der Waals surface area contributed by atoms with Gasteiger partial charge >= 0.3 is 11.9 Å². The molecule has 104 heavy (non-hydrogen) atoms. The number of hydrogen-bond acceptors (Lipinski definition) is 34. The van der Waals surface area contributed by atoms with Crippen LogP contribution in [0.15, 0.2) is 56.9 Å². The number of methoxy groups -OCH3 is 1. The number of pyridine rings is 1. The van der Waals surface area contributed by atoms with Crippen molar-refractivity contribution in [3.05, 3.63) is 112 Å². The van der Waals surface area contributed by atoms with Gasteiger partial charge in [0.15, 0.2) is 18.1 Å². The van der Waals surface area contributed by atoms with E-state index in [1.807, 2.05) is 25.8 Å². The number of aromatic hydroxyl groups is 1. The number of rotatable bonds is 12. The number of carbonyl (C=O) groups is 7. The van der Waals surface area contributed by atoms with Crippen LogP contribution >= 0.6 is 56.7 Å². The second kappa shape index (κ2) is 29.9. The lowest BCUT2D eigenvalue weighted by atomic mass is 9.86. The number of aromatic nitrogens is 7. The number of ether oxygens (including phenoxy) is 7. The van der Waals surface area contributed by atoms with Crippen LogP contribution in [0.25, 0.3) is 49.3 Å². The number of hydrogen-bond donors (Lipinski definition) is 13. The largest absolute Gasteiger partial charge is 0.506 e. The number of esters is 2. The molecule has 0 radical (unpaired) electrons. The van der Waals surface area contributed by atoms with Gasteiger partial charge in [0, 0.05) is 56.4 Å². The summed E-state index contributed by atoms with van der Waals surface area (Å²) < 4.78 is 44.9. The van der Waals surface area contributed by atoms with Gasteiger partial charge in [0.25, 0.3) is 23.6 Å². The molecule has 5 aliphatic rings. The lowest BCUT2D eigenvalue weighted by Crippen LogP contribution is -2.58. The van der Waals surface area contributed by atoms with Gasteiger partial charge in [-0.3, -0.25) is 28.9 Å². The fraction of sp³-hybridized carbons (Fsp3) is 0.422. The van der Waals surface area contributed by atoms with Crippen LogP contribution in [-0.4, -0.2) is 235 Å². The van der Waals surface area contributed by atoms with E-state index in [0.717, 1.165) is 56.7 Å². The van der Waals surface area contributed by atoms with Crippen molar-refractivity contribution in [3.63, 3.8) is 0 Å². The summed E-state index contributed by atoms with van der Waals surface area (Å²) in [6, 6.07) is 0.936. The monoisotopic (exact) mass is 1530 g/mol. The summed E-state index contributed by atoms with van der Waals surface area (Å²) in [5, 5.41) is 106. The molecule has 2 saturated heterocycles. The summed E-state index contributed by atoms with van der Waals surface area (Å²) >= 11 is 4.39. The number of fused-ring (bicyclic) bond motifs is 16. The molecule has 14 atom stereocenters. The summed E-state index contributed by atoms with van der Waals surface area (Å²) in [4.78, 5) is 133. The third-order valence-electron chi connectivity index (χ3n) is 18.1. The van der Waals surface area contributed by atoms with E-state index in [0.29, 0.717) is 10.3 Å². The van der Waals surface area contributed by atoms with E-state index in [9.17, 15) is 55.3 Å². The number of carbonyl (C=O) groups excluding carboxylic acids is 7. The third-order valence-corrected chi connectivity index (χ3v) is 22.5. The third kappa shape index (κ3) is 14.3. The number of allylic oxidation sites excluding steroid dienone is 1. The first-order chi connectivity index (χ1) is 49.7. The van der Waals surface area contributed by atoms with Crippen LogP contribution < -0.4 is 26.6 Å². The minimum absolute atomic E-state index is 0.0102. The molecule has 13 N–H and O–H groups in total. The van der Waals surface area contributed by atoms with E-state index in [4.69, 9.17) is 48.1 Å². The smallest absolute Gasteiger partial charge is 0.358 e. The van der Waals surface area contributed by atoms with Crippen LogP contribution in [0.1, 0.15) is 125 Å². The van der Waals surface area contributed by atoms with E-state index in [-0.39, 0.29) is 118 Å². The van der Waals surface area contributed by atoms with Crippen LogP contribution in [0.2, 0.25) is 0 Å². The number of amides is 5. The van der Waals surface area contributed by atoms with Crippen molar-refractivity contribution in [1.29, 1.82) is 0 Å². The Hall–Kier alpha value is -8.95. The van der Waals surface area contributed by atoms with E-state index in [1.165, 1.54) is 60.0 Å². The molecule has 14 unspecified atom stereocenters. The molecule has 8 aromatic rings. The number of likely N-dealkylation sites (N-methyl/N-ethyl adjacent to an activating group) is 1. The summed E-state index contributed by atoms with van der Waals surface area (Å²) in [6.45, 7) is 3.32. The molecular formula is C64H67N13O22S5. The Morgan fingerprint density at radius 1 is 0.808 bits per heavy atom. The second-order valence-electron chi connectivity index (χ2n) is 25.1. The fourth-order valence-electron chi connectivity index (χ4n) is 12.7. The predicted molar refractivity (Wildman–Crippen MR) is 366 cm³/mol. The van der Waals surface area contributed by atoms with Crippen molar-refractivity contribution >= 4 is 115 Å². The topological polar surface area (TPSA) is 492 Å². The highest BCUT2D eigenvalue weighted by Gasteiger charge is 2.54. The van der Waals surface area contributed by atoms with E-state index >= 15 is 19.2 Å². The molecule has 5 aliphatic heterocycles. The summed E-state index contributed by atoms with van der Waals surface area (Å²) in [7, 11) is 3.18. The average molecular weight is 1530 g/mol. The first-order valence-corrected chi connectivity index (χ1v) is 36.4. The van der Waals surface area contributed by atoms with E-state index in [1.54, 1.807) is 12.1 Å². The highest BCUT2D eigenvalue weighted by atomic mass is 32.1. The van der Waals surface area contributed by atoms with Gasteiger partial charge in [0.1, 0.15) is 138 Å². The molecule has 0 spiro atoms. The normalized spacial score (nSPS) is 25.3. The molecule has 7 aromatic heterocycles. The first-order valence-electron chi connectivity index (χ1n) is 32.0. The van der Waals surface area contributed by atoms with Crippen molar-refractivity contribution in [3.8, 4) is 38.4 Å². The van der Waals surface area contributed by atoms with Crippen molar-refractivity contribution in [2.75, 3.05) is 40.6 Å². The van der Waals surface area contributed by atoms with Crippen LogP contribution in [0.3, 0.4) is 0 Å². The van der Waals surface area contributed by atoms with Gasteiger partial charge < -0.3 is 101 Å². The predicted octanol–water partition coefficient (Wildman–Crippen LogP) is 1.69. The van der Waals surface area contributed by atoms with Crippen molar-refractivity contribution in [2.24, 2.45) is 0 Å². The molecule has 35 nitrogen and oxygen atoms in total. The van der Waals surface area contributed by atoms with Gasteiger partial charge in [-0.1, -0.05) is 12.1 Å². The van der Waals surface area contributed by atoms with Gasteiger partial charge in [-0.25, -0.2) is 39.5 Å². The Labute approximate surface area is 608 Å². The van der Waals surface area contributed by atoms with Gasteiger partial charge in [-0.05, 0) is 52.4 Å². The van der Waals surface area contributed by atoms with Crippen LogP contribution in [-0.2, 0) is 56.0 Å². The Morgan fingerprint density at radius 2 is 1.48 bits per heavy atom. The maximum Gasteiger partial charge on any atom is 0.358 e. The number of cyclic esters (lactones) is 2. The Bertz CT molecular complexity index is 4700. The summed E-state index contributed by atoms with van der Waals surface area (Å²) in [5.41, 5.74) is -2.42. The molecule has 550 valence electrons. The maximum atomic E-state index is 15.2. The zero-order valence-electron chi connectivity index (χ0n) is 55.6. The highest BCUT2D eigenvalue weighted by Crippen LogP contribution is 2.44.